The second-order valence-electron chi connectivity index (χ2n) is 6.84. The molecule has 0 radical (unpaired) electrons. The van der Waals surface area contributed by atoms with Gasteiger partial charge in [-0.25, -0.2) is 9.36 Å². The van der Waals surface area contributed by atoms with Gasteiger partial charge in [-0.15, -0.1) is 5.10 Å². The van der Waals surface area contributed by atoms with Gasteiger partial charge in [-0.05, 0) is 50.2 Å². The van der Waals surface area contributed by atoms with Crippen LogP contribution in [0.25, 0.3) is 33.5 Å². The fourth-order valence-electron chi connectivity index (χ4n) is 3.44. The van der Waals surface area contributed by atoms with E-state index in [2.05, 4.69) is 15.3 Å². The maximum atomic E-state index is 6.02. The summed E-state index contributed by atoms with van der Waals surface area (Å²) in [5, 5.41) is 19.8. The van der Waals surface area contributed by atoms with Gasteiger partial charge < -0.3 is 0 Å². The van der Waals surface area contributed by atoms with Crippen LogP contribution in [0.1, 0.15) is 11.4 Å². The van der Waals surface area contributed by atoms with E-state index in [-0.39, 0.29) is 0 Å². The standard InChI is InChI=1S/C22H17ClN6/c1-14-21-20(13-28(27-21)17-10-8-16(23)9-11-17)22(26-25-14)19-12-24-29(15(19)2)18-6-4-3-5-7-18/h3-13H,1-2H3. The number of aryl methyl sites for hydroxylation is 1. The minimum Gasteiger partial charge on any atom is -0.240 e. The second-order valence-corrected chi connectivity index (χ2v) is 7.27. The summed E-state index contributed by atoms with van der Waals surface area (Å²) in [5.41, 5.74) is 6.22. The fourth-order valence-corrected chi connectivity index (χ4v) is 3.56. The predicted octanol–water partition coefficient (Wildman–Crippen LogP) is 4.94. The lowest BCUT2D eigenvalue weighted by molar-refractivity contribution is 0.847. The Morgan fingerprint density at radius 3 is 2.38 bits per heavy atom. The Bertz CT molecular complexity index is 1320. The van der Waals surface area contributed by atoms with Crippen molar-refractivity contribution in [2.75, 3.05) is 0 Å². The summed E-state index contributed by atoms with van der Waals surface area (Å²) in [5.74, 6) is 0. The summed E-state index contributed by atoms with van der Waals surface area (Å²) < 4.78 is 3.74. The number of aromatic nitrogens is 6. The van der Waals surface area contributed by atoms with Gasteiger partial charge in [0.1, 0.15) is 11.2 Å². The van der Waals surface area contributed by atoms with E-state index in [4.69, 9.17) is 16.7 Å². The smallest absolute Gasteiger partial charge is 0.118 e. The lowest BCUT2D eigenvalue weighted by atomic mass is 10.1. The van der Waals surface area contributed by atoms with Crippen LogP contribution >= 0.6 is 11.6 Å². The normalized spacial score (nSPS) is 11.3. The van der Waals surface area contributed by atoms with Crippen molar-refractivity contribution >= 4 is 22.5 Å². The van der Waals surface area contributed by atoms with Crippen molar-refractivity contribution < 1.29 is 0 Å². The van der Waals surface area contributed by atoms with Gasteiger partial charge in [-0.2, -0.15) is 15.3 Å². The largest absolute Gasteiger partial charge is 0.240 e. The molecule has 3 heterocycles. The Kier molecular flexibility index (Phi) is 4.14. The van der Waals surface area contributed by atoms with Crippen LogP contribution in [0, 0.1) is 13.8 Å². The summed E-state index contributed by atoms with van der Waals surface area (Å²) in [7, 11) is 0. The first kappa shape index (κ1) is 17.6. The maximum Gasteiger partial charge on any atom is 0.118 e. The van der Waals surface area contributed by atoms with Crippen LogP contribution in [0.15, 0.2) is 67.0 Å². The highest BCUT2D eigenvalue weighted by atomic mass is 35.5. The molecule has 5 aromatic rings. The first-order valence-electron chi connectivity index (χ1n) is 9.21. The summed E-state index contributed by atoms with van der Waals surface area (Å²) in [6.45, 7) is 3.95. The predicted molar refractivity (Wildman–Crippen MR) is 114 cm³/mol. The average Bonchev–Trinajstić information content (AvgIpc) is 3.35. The Morgan fingerprint density at radius 2 is 1.62 bits per heavy atom. The van der Waals surface area contributed by atoms with E-state index in [9.17, 15) is 0 Å². The molecule has 3 aromatic heterocycles. The molecule has 0 fully saturated rings. The highest BCUT2D eigenvalue weighted by Gasteiger charge is 2.18. The molecule has 0 saturated heterocycles. The minimum absolute atomic E-state index is 0.689. The van der Waals surface area contributed by atoms with Crippen LogP contribution < -0.4 is 0 Å². The van der Waals surface area contributed by atoms with E-state index in [0.29, 0.717) is 5.02 Å². The molecule has 0 unspecified atom stereocenters. The number of nitrogens with zero attached hydrogens (tertiary/aromatic N) is 6. The molecule has 0 saturated carbocycles. The van der Waals surface area contributed by atoms with Crippen LogP contribution in [0.3, 0.4) is 0 Å². The van der Waals surface area contributed by atoms with E-state index >= 15 is 0 Å². The molecule has 0 amide bonds. The van der Waals surface area contributed by atoms with Crippen LogP contribution in [-0.4, -0.2) is 29.8 Å². The van der Waals surface area contributed by atoms with Gasteiger partial charge in [0.15, 0.2) is 0 Å². The molecule has 6 nitrogen and oxygen atoms in total. The summed E-state index contributed by atoms with van der Waals surface area (Å²) in [6.07, 6.45) is 3.82. The van der Waals surface area contributed by atoms with Crippen molar-refractivity contribution in [2.24, 2.45) is 0 Å². The first-order valence-corrected chi connectivity index (χ1v) is 9.58. The maximum absolute atomic E-state index is 6.02. The zero-order chi connectivity index (χ0) is 20.0. The molecule has 0 aliphatic heterocycles. The van der Waals surface area contributed by atoms with E-state index in [1.54, 1.807) is 0 Å². The van der Waals surface area contributed by atoms with Gasteiger partial charge in [-0.1, -0.05) is 29.8 Å². The molecule has 0 atom stereocenters. The number of fused-ring (bicyclic) bond motifs is 1. The summed E-state index contributed by atoms with van der Waals surface area (Å²) >= 11 is 6.02. The Labute approximate surface area is 172 Å². The van der Waals surface area contributed by atoms with E-state index in [1.165, 1.54) is 0 Å². The first-order chi connectivity index (χ1) is 14.1. The third-order valence-electron chi connectivity index (χ3n) is 4.97. The lowest BCUT2D eigenvalue weighted by Gasteiger charge is -2.05. The highest BCUT2D eigenvalue weighted by Crippen LogP contribution is 2.30. The molecular formula is C22H17ClN6. The molecule has 0 aliphatic rings. The number of benzene rings is 2. The number of rotatable bonds is 3. The zero-order valence-electron chi connectivity index (χ0n) is 15.9. The summed E-state index contributed by atoms with van der Waals surface area (Å²) in [4.78, 5) is 0. The van der Waals surface area contributed by atoms with Gasteiger partial charge in [0.2, 0.25) is 0 Å². The Hall–Kier alpha value is -3.51. The molecule has 0 N–H and O–H groups in total. The highest BCUT2D eigenvalue weighted by molar-refractivity contribution is 6.30. The third-order valence-corrected chi connectivity index (χ3v) is 5.22. The molecule has 7 heteroatoms. The SMILES string of the molecule is Cc1nnc(-c2cnn(-c3ccccc3)c2C)c2cn(-c3ccc(Cl)cc3)nc12. The number of hydrogen-bond acceptors (Lipinski definition) is 4. The Balaban J connectivity index is 1.67. The quantitative estimate of drug-likeness (QED) is 0.430. The number of hydrogen-bond donors (Lipinski definition) is 0. The zero-order valence-corrected chi connectivity index (χ0v) is 16.7. The van der Waals surface area contributed by atoms with Gasteiger partial charge >= 0.3 is 0 Å². The van der Waals surface area contributed by atoms with Crippen LogP contribution in [0.2, 0.25) is 5.02 Å². The van der Waals surface area contributed by atoms with Crippen LogP contribution in [0.5, 0.6) is 0 Å². The monoisotopic (exact) mass is 400 g/mol. The van der Waals surface area contributed by atoms with Crippen molar-refractivity contribution in [2.45, 2.75) is 13.8 Å². The topological polar surface area (TPSA) is 61.4 Å². The minimum atomic E-state index is 0.689. The molecular weight excluding hydrogens is 384 g/mol. The molecule has 5 rings (SSSR count). The second kappa shape index (κ2) is 6.83. The molecule has 0 spiro atoms. The van der Waals surface area contributed by atoms with E-state index in [0.717, 1.165) is 44.9 Å². The third kappa shape index (κ3) is 2.98. The number of halogens is 1. The van der Waals surface area contributed by atoms with Crippen molar-refractivity contribution in [3.8, 4) is 22.6 Å². The van der Waals surface area contributed by atoms with Crippen LogP contribution in [0.4, 0.5) is 0 Å². The number of para-hydroxylation sites is 1. The van der Waals surface area contributed by atoms with E-state index < -0.39 is 0 Å². The van der Waals surface area contributed by atoms with Crippen molar-refractivity contribution in [1.29, 1.82) is 0 Å². The molecule has 0 aliphatic carbocycles. The average molecular weight is 401 g/mol. The molecule has 142 valence electrons. The lowest BCUT2D eigenvalue weighted by Crippen LogP contribution is -1.99. The van der Waals surface area contributed by atoms with Crippen molar-refractivity contribution in [1.82, 2.24) is 29.8 Å². The molecule has 0 bridgehead atoms. The van der Waals surface area contributed by atoms with Crippen molar-refractivity contribution in [3.63, 3.8) is 0 Å². The van der Waals surface area contributed by atoms with Gasteiger partial charge in [0.25, 0.3) is 0 Å². The van der Waals surface area contributed by atoms with Gasteiger partial charge in [-0.3, -0.25) is 0 Å². The molecule has 29 heavy (non-hydrogen) atoms. The van der Waals surface area contributed by atoms with Crippen LogP contribution in [-0.2, 0) is 0 Å². The van der Waals surface area contributed by atoms with Gasteiger partial charge in [0, 0.05) is 16.8 Å². The van der Waals surface area contributed by atoms with Gasteiger partial charge in [0.05, 0.1) is 34.3 Å². The molecule has 2 aromatic carbocycles. The summed E-state index contributed by atoms with van der Waals surface area (Å²) in [6, 6.07) is 17.6. The Morgan fingerprint density at radius 1 is 0.862 bits per heavy atom. The van der Waals surface area contributed by atoms with E-state index in [1.807, 2.05) is 90.2 Å². The van der Waals surface area contributed by atoms with Crippen molar-refractivity contribution in [3.05, 3.63) is 83.4 Å². The fraction of sp³-hybridized carbons (Fsp3) is 0.0909.